The number of hydrogen-bond acceptors (Lipinski definition) is 2. The van der Waals surface area contributed by atoms with Gasteiger partial charge in [0.1, 0.15) is 0 Å². The molecule has 1 unspecified atom stereocenters. The molecule has 0 aromatic rings. The number of carbonyl (C=O) groups is 1. The zero-order valence-electron chi connectivity index (χ0n) is 11.6. The molecule has 0 aromatic carbocycles. The van der Waals surface area contributed by atoms with E-state index in [1.54, 1.807) is 0 Å². The Bertz CT molecular complexity index is 266. The maximum Gasteiger partial charge on any atom is 0.308 e. The van der Waals surface area contributed by atoms with Gasteiger partial charge < -0.3 is 4.74 Å². The number of rotatable bonds is 2. The lowest BCUT2D eigenvalue weighted by Crippen LogP contribution is -2.41. The van der Waals surface area contributed by atoms with Crippen LogP contribution in [0.5, 0.6) is 0 Å². The summed E-state index contributed by atoms with van der Waals surface area (Å²) in [7, 11) is 0.222. The molecule has 0 saturated heterocycles. The second-order valence-electron chi connectivity index (χ2n) is 6.70. The highest BCUT2D eigenvalue weighted by molar-refractivity contribution is 6.81. The van der Waals surface area contributed by atoms with Crippen molar-refractivity contribution in [3.05, 3.63) is 0 Å². The van der Waals surface area contributed by atoms with Gasteiger partial charge in [-0.1, -0.05) is 40.3 Å². The summed E-state index contributed by atoms with van der Waals surface area (Å²) in [5, 5.41) is 0.419. The minimum absolute atomic E-state index is 0.00112. The molecule has 0 bridgehead atoms. The van der Waals surface area contributed by atoms with E-state index in [-0.39, 0.29) is 11.9 Å². The largest absolute Gasteiger partial charge is 0.469 e. The Kier molecular flexibility index (Phi) is 3.88. The van der Waals surface area contributed by atoms with E-state index in [9.17, 15) is 4.79 Å². The Morgan fingerprint density at radius 3 is 2.25 bits per heavy atom. The smallest absolute Gasteiger partial charge is 0.308 e. The van der Waals surface area contributed by atoms with Crippen LogP contribution in [0.3, 0.4) is 0 Å². The van der Waals surface area contributed by atoms with Crippen LogP contribution in [0.4, 0.5) is 0 Å². The molecule has 0 aromatic heterocycles. The van der Waals surface area contributed by atoms with Crippen molar-refractivity contribution in [2.24, 2.45) is 5.92 Å². The van der Waals surface area contributed by atoms with Crippen molar-refractivity contribution in [3.63, 3.8) is 0 Å². The fraction of sp³-hybridized carbons (Fsp3) is 0.923. The van der Waals surface area contributed by atoms with Crippen molar-refractivity contribution >= 4 is 14.0 Å². The van der Waals surface area contributed by atoms with Crippen molar-refractivity contribution in [2.45, 2.75) is 63.7 Å². The van der Waals surface area contributed by atoms with Crippen LogP contribution >= 0.6 is 0 Å². The third kappa shape index (κ3) is 2.50. The molecule has 0 aliphatic heterocycles. The summed E-state index contributed by atoms with van der Waals surface area (Å²) in [6, 6.07) is 0. The van der Waals surface area contributed by atoms with E-state index in [4.69, 9.17) is 4.74 Å². The third-order valence-corrected chi connectivity index (χ3v) is 11.4. The van der Waals surface area contributed by atoms with Gasteiger partial charge in [0, 0.05) is 0 Å². The molecule has 2 nitrogen and oxygen atoms in total. The molecule has 1 fully saturated rings. The minimum atomic E-state index is -1.28. The zero-order valence-corrected chi connectivity index (χ0v) is 12.6. The molecule has 0 heterocycles. The van der Waals surface area contributed by atoms with Crippen LogP contribution in [0, 0.1) is 5.92 Å². The van der Waals surface area contributed by atoms with Gasteiger partial charge in [-0.3, -0.25) is 4.79 Å². The van der Waals surface area contributed by atoms with E-state index in [0.717, 1.165) is 18.4 Å². The van der Waals surface area contributed by atoms with E-state index < -0.39 is 8.07 Å². The standard InChI is InChI=1S/C13H26O2Si/c1-13(2,3)16(5,6)11-8-7-10(9-11)12(14)15-4/h10-11H,7-9H2,1-6H3/t10?,11-/m1/s1. The number of ether oxygens (including phenoxy) is 1. The second kappa shape index (κ2) is 4.51. The summed E-state index contributed by atoms with van der Waals surface area (Å²) in [5.74, 6) is 0.172. The summed E-state index contributed by atoms with van der Waals surface area (Å²) in [5.41, 5.74) is 0.775. The predicted molar refractivity (Wildman–Crippen MR) is 70.3 cm³/mol. The van der Waals surface area contributed by atoms with E-state index in [1.807, 2.05) is 0 Å². The Hall–Kier alpha value is -0.313. The lowest BCUT2D eigenvalue weighted by molar-refractivity contribution is -0.145. The number of carbonyl (C=O) groups excluding carboxylic acids is 1. The van der Waals surface area contributed by atoms with Crippen LogP contribution in [0.15, 0.2) is 0 Å². The van der Waals surface area contributed by atoms with Crippen LogP contribution in [-0.2, 0) is 9.53 Å². The van der Waals surface area contributed by atoms with Crippen LogP contribution in [0.2, 0.25) is 23.7 Å². The number of esters is 1. The van der Waals surface area contributed by atoms with E-state index in [0.29, 0.717) is 5.04 Å². The average Bonchev–Trinajstić information content (AvgIpc) is 2.64. The molecule has 1 saturated carbocycles. The van der Waals surface area contributed by atoms with E-state index in [1.165, 1.54) is 13.5 Å². The van der Waals surface area contributed by atoms with Gasteiger partial charge in [-0.25, -0.2) is 0 Å². The zero-order chi connectivity index (χ0) is 12.6. The molecule has 1 aliphatic carbocycles. The topological polar surface area (TPSA) is 26.3 Å². The Morgan fingerprint density at radius 1 is 1.25 bits per heavy atom. The maximum absolute atomic E-state index is 11.5. The Balaban J connectivity index is 2.70. The summed E-state index contributed by atoms with van der Waals surface area (Å²) in [4.78, 5) is 11.5. The minimum Gasteiger partial charge on any atom is -0.469 e. The van der Waals surface area contributed by atoms with Crippen molar-refractivity contribution in [2.75, 3.05) is 7.11 Å². The summed E-state index contributed by atoms with van der Waals surface area (Å²) < 4.78 is 4.86. The molecular formula is C13H26O2Si. The number of methoxy groups -OCH3 is 1. The SMILES string of the molecule is COC(=O)C1CC[C@@H]([Si](C)(C)C(C)(C)C)C1. The van der Waals surface area contributed by atoms with E-state index >= 15 is 0 Å². The Morgan fingerprint density at radius 2 is 1.81 bits per heavy atom. The summed E-state index contributed by atoms with van der Waals surface area (Å²) in [6.07, 6.45) is 3.31. The van der Waals surface area contributed by atoms with Crippen LogP contribution in [0.1, 0.15) is 40.0 Å². The summed E-state index contributed by atoms with van der Waals surface area (Å²) in [6.45, 7) is 12.0. The highest BCUT2D eigenvalue weighted by atomic mass is 28.3. The fourth-order valence-corrected chi connectivity index (χ4v) is 5.62. The first-order valence-corrected chi connectivity index (χ1v) is 9.35. The first kappa shape index (κ1) is 13.8. The lowest BCUT2D eigenvalue weighted by Gasteiger charge is -2.42. The van der Waals surface area contributed by atoms with Gasteiger partial charge in [-0.05, 0) is 23.4 Å². The molecule has 0 spiro atoms. The molecule has 2 atom stereocenters. The molecule has 16 heavy (non-hydrogen) atoms. The molecule has 0 amide bonds. The third-order valence-electron chi connectivity index (χ3n) is 4.92. The Labute approximate surface area is 101 Å². The molecular weight excluding hydrogens is 216 g/mol. The van der Waals surface area contributed by atoms with Crippen molar-refractivity contribution in [1.82, 2.24) is 0 Å². The van der Waals surface area contributed by atoms with Crippen LogP contribution in [-0.4, -0.2) is 21.2 Å². The second-order valence-corrected chi connectivity index (χ2v) is 12.5. The normalized spacial score (nSPS) is 26.9. The highest BCUT2D eigenvalue weighted by Gasteiger charge is 2.46. The van der Waals surface area contributed by atoms with Gasteiger partial charge in [-0.15, -0.1) is 0 Å². The van der Waals surface area contributed by atoms with Crippen LogP contribution < -0.4 is 0 Å². The van der Waals surface area contributed by atoms with Crippen molar-refractivity contribution in [1.29, 1.82) is 0 Å². The quantitative estimate of drug-likeness (QED) is 0.543. The molecule has 3 heteroatoms. The molecule has 94 valence electrons. The van der Waals surface area contributed by atoms with Gasteiger partial charge in [0.05, 0.1) is 21.1 Å². The molecule has 0 N–H and O–H groups in total. The fourth-order valence-electron chi connectivity index (χ4n) is 2.63. The van der Waals surface area contributed by atoms with Gasteiger partial charge in [0.15, 0.2) is 0 Å². The van der Waals surface area contributed by atoms with Crippen molar-refractivity contribution < 1.29 is 9.53 Å². The summed E-state index contributed by atoms with van der Waals surface area (Å²) >= 11 is 0. The lowest BCUT2D eigenvalue weighted by atomic mass is 10.1. The number of hydrogen-bond donors (Lipinski definition) is 0. The first-order chi connectivity index (χ1) is 7.20. The molecule has 0 radical (unpaired) electrons. The van der Waals surface area contributed by atoms with Gasteiger partial charge in [0.25, 0.3) is 0 Å². The van der Waals surface area contributed by atoms with E-state index in [2.05, 4.69) is 33.9 Å². The first-order valence-electron chi connectivity index (χ1n) is 6.28. The van der Waals surface area contributed by atoms with Gasteiger partial charge in [0.2, 0.25) is 0 Å². The van der Waals surface area contributed by atoms with Crippen LogP contribution in [0.25, 0.3) is 0 Å². The van der Waals surface area contributed by atoms with Gasteiger partial charge >= 0.3 is 5.97 Å². The van der Waals surface area contributed by atoms with Crippen molar-refractivity contribution in [3.8, 4) is 0 Å². The van der Waals surface area contributed by atoms with Gasteiger partial charge in [-0.2, -0.15) is 0 Å². The molecule has 1 aliphatic rings. The predicted octanol–water partition coefficient (Wildman–Crippen LogP) is 3.84. The maximum atomic E-state index is 11.5. The highest BCUT2D eigenvalue weighted by Crippen LogP contribution is 2.51. The molecule has 1 rings (SSSR count). The monoisotopic (exact) mass is 242 g/mol. The average molecular weight is 242 g/mol.